The molecule has 0 aromatic carbocycles. The van der Waals surface area contributed by atoms with Crippen LogP contribution < -0.4 is 0 Å². The standard InChI is InChI=1S/C10H23N.C2H6/c1-6-8-11(5)9-10(3,4)7-2;1-2/h6-9H2,1-5H3;1-2H3. The Kier molecular flexibility index (Phi) is 10.2. The van der Waals surface area contributed by atoms with Crippen LogP contribution in [-0.2, 0) is 0 Å². The van der Waals surface area contributed by atoms with Crippen LogP contribution in [-0.4, -0.2) is 25.0 Å². The molecular formula is C12H29N. The SMILES string of the molecule is CC.CCCN(C)CC(C)(C)CC. The first-order valence-electron chi connectivity index (χ1n) is 5.70. The van der Waals surface area contributed by atoms with Crippen LogP contribution in [0.15, 0.2) is 0 Å². The largest absolute Gasteiger partial charge is 0.306 e. The first-order valence-corrected chi connectivity index (χ1v) is 5.70. The van der Waals surface area contributed by atoms with Gasteiger partial charge in [0.2, 0.25) is 0 Å². The highest BCUT2D eigenvalue weighted by atomic mass is 15.1. The van der Waals surface area contributed by atoms with Gasteiger partial charge in [0.05, 0.1) is 0 Å². The maximum Gasteiger partial charge on any atom is 0.00295 e. The normalized spacial score (nSPS) is 11.1. The lowest BCUT2D eigenvalue weighted by Crippen LogP contribution is -2.31. The lowest BCUT2D eigenvalue weighted by molar-refractivity contribution is 0.204. The zero-order chi connectivity index (χ0) is 10.9. The Labute approximate surface area is 85.5 Å². The quantitative estimate of drug-likeness (QED) is 0.633. The predicted octanol–water partition coefficient (Wildman–Crippen LogP) is 3.79. The van der Waals surface area contributed by atoms with Gasteiger partial charge in [0.25, 0.3) is 0 Å². The van der Waals surface area contributed by atoms with E-state index >= 15 is 0 Å². The smallest absolute Gasteiger partial charge is 0.00295 e. The van der Waals surface area contributed by atoms with Gasteiger partial charge in [-0.25, -0.2) is 0 Å². The summed E-state index contributed by atoms with van der Waals surface area (Å²) in [6.07, 6.45) is 2.53. The molecule has 0 rings (SSSR count). The molecule has 0 heterocycles. The predicted molar refractivity (Wildman–Crippen MR) is 63.2 cm³/mol. The lowest BCUT2D eigenvalue weighted by Gasteiger charge is -2.28. The molecule has 0 aliphatic heterocycles. The van der Waals surface area contributed by atoms with Crippen LogP contribution in [0.5, 0.6) is 0 Å². The Morgan fingerprint density at radius 3 is 1.85 bits per heavy atom. The molecule has 82 valence electrons. The first-order chi connectivity index (χ1) is 6.02. The fourth-order valence-corrected chi connectivity index (χ4v) is 1.30. The van der Waals surface area contributed by atoms with E-state index in [-0.39, 0.29) is 0 Å². The Balaban J connectivity index is 0. The second-order valence-electron chi connectivity index (χ2n) is 4.26. The van der Waals surface area contributed by atoms with Crippen LogP contribution in [0, 0.1) is 5.41 Å². The van der Waals surface area contributed by atoms with Crippen molar-refractivity contribution in [3.63, 3.8) is 0 Å². The molecule has 0 aromatic rings. The lowest BCUT2D eigenvalue weighted by atomic mass is 9.90. The minimum Gasteiger partial charge on any atom is -0.306 e. The van der Waals surface area contributed by atoms with E-state index in [1.54, 1.807) is 0 Å². The van der Waals surface area contributed by atoms with Gasteiger partial charge in [0.15, 0.2) is 0 Å². The summed E-state index contributed by atoms with van der Waals surface area (Å²) in [4.78, 5) is 2.42. The monoisotopic (exact) mass is 187 g/mol. The number of hydrogen-bond donors (Lipinski definition) is 0. The van der Waals surface area contributed by atoms with Crippen molar-refractivity contribution in [1.82, 2.24) is 4.90 Å². The van der Waals surface area contributed by atoms with E-state index in [4.69, 9.17) is 0 Å². The van der Waals surface area contributed by atoms with Gasteiger partial charge in [0.1, 0.15) is 0 Å². The van der Waals surface area contributed by atoms with E-state index in [9.17, 15) is 0 Å². The molecule has 0 aliphatic carbocycles. The zero-order valence-corrected chi connectivity index (χ0v) is 10.8. The van der Waals surface area contributed by atoms with Gasteiger partial charge in [-0.3, -0.25) is 0 Å². The second kappa shape index (κ2) is 8.55. The van der Waals surface area contributed by atoms with Gasteiger partial charge in [-0.2, -0.15) is 0 Å². The van der Waals surface area contributed by atoms with Crippen LogP contribution in [0.3, 0.4) is 0 Å². The van der Waals surface area contributed by atoms with E-state index in [0.717, 1.165) is 0 Å². The molecule has 0 atom stereocenters. The maximum atomic E-state index is 2.42. The summed E-state index contributed by atoms with van der Waals surface area (Å²) in [5, 5.41) is 0. The summed E-state index contributed by atoms with van der Waals surface area (Å²) in [6, 6.07) is 0. The minimum absolute atomic E-state index is 0.490. The summed E-state index contributed by atoms with van der Waals surface area (Å²) in [5.74, 6) is 0. The van der Waals surface area contributed by atoms with Crippen molar-refractivity contribution in [2.45, 2.75) is 54.4 Å². The molecule has 0 bridgehead atoms. The molecule has 0 amide bonds. The van der Waals surface area contributed by atoms with Crippen molar-refractivity contribution < 1.29 is 0 Å². The summed E-state index contributed by atoms with van der Waals surface area (Å²) in [6.45, 7) is 15.6. The Hall–Kier alpha value is -0.0400. The Bertz CT molecular complexity index is 97.3. The summed E-state index contributed by atoms with van der Waals surface area (Å²) in [7, 11) is 2.21. The number of hydrogen-bond acceptors (Lipinski definition) is 1. The molecular weight excluding hydrogens is 158 g/mol. The number of nitrogens with zero attached hydrogens (tertiary/aromatic N) is 1. The fourth-order valence-electron chi connectivity index (χ4n) is 1.30. The van der Waals surface area contributed by atoms with Crippen molar-refractivity contribution in [3.8, 4) is 0 Å². The molecule has 1 heteroatoms. The van der Waals surface area contributed by atoms with E-state index < -0.39 is 0 Å². The molecule has 0 aliphatic rings. The van der Waals surface area contributed by atoms with Crippen LogP contribution >= 0.6 is 0 Å². The van der Waals surface area contributed by atoms with Gasteiger partial charge in [-0.1, -0.05) is 41.5 Å². The van der Waals surface area contributed by atoms with Gasteiger partial charge >= 0.3 is 0 Å². The molecule has 0 fully saturated rings. The fraction of sp³-hybridized carbons (Fsp3) is 1.00. The van der Waals surface area contributed by atoms with Gasteiger partial charge < -0.3 is 4.90 Å². The van der Waals surface area contributed by atoms with Crippen LogP contribution in [0.25, 0.3) is 0 Å². The first kappa shape index (κ1) is 15.4. The molecule has 0 saturated carbocycles. The maximum absolute atomic E-state index is 2.42. The van der Waals surface area contributed by atoms with Crippen LogP contribution in [0.2, 0.25) is 0 Å². The van der Waals surface area contributed by atoms with Gasteiger partial charge in [0, 0.05) is 6.54 Å². The van der Waals surface area contributed by atoms with Crippen molar-refractivity contribution >= 4 is 0 Å². The minimum atomic E-state index is 0.490. The summed E-state index contributed by atoms with van der Waals surface area (Å²) < 4.78 is 0. The van der Waals surface area contributed by atoms with Crippen molar-refractivity contribution in [3.05, 3.63) is 0 Å². The molecule has 0 unspecified atom stereocenters. The molecule has 0 spiro atoms. The molecule has 13 heavy (non-hydrogen) atoms. The highest BCUT2D eigenvalue weighted by Gasteiger charge is 2.16. The van der Waals surface area contributed by atoms with Crippen LogP contribution in [0.1, 0.15) is 54.4 Å². The third kappa shape index (κ3) is 9.88. The average molecular weight is 187 g/mol. The topological polar surface area (TPSA) is 3.24 Å². The van der Waals surface area contributed by atoms with Gasteiger partial charge in [-0.15, -0.1) is 0 Å². The zero-order valence-electron chi connectivity index (χ0n) is 10.8. The van der Waals surface area contributed by atoms with Crippen molar-refractivity contribution in [2.24, 2.45) is 5.41 Å². The van der Waals surface area contributed by atoms with Gasteiger partial charge in [-0.05, 0) is 31.8 Å². The number of rotatable bonds is 5. The van der Waals surface area contributed by atoms with Crippen molar-refractivity contribution in [1.29, 1.82) is 0 Å². The van der Waals surface area contributed by atoms with E-state index in [0.29, 0.717) is 5.41 Å². The summed E-state index contributed by atoms with van der Waals surface area (Å²) in [5.41, 5.74) is 0.490. The Morgan fingerprint density at radius 2 is 1.54 bits per heavy atom. The second-order valence-corrected chi connectivity index (χ2v) is 4.26. The van der Waals surface area contributed by atoms with E-state index in [1.165, 1.54) is 25.9 Å². The molecule has 0 N–H and O–H groups in total. The highest BCUT2D eigenvalue weighted by molar-refractivity contribution is 4.69. The molecule has 0 aromatic heterocycles. The van der Waals surface area contributed by atoms with E-state index in [1.807, 2.05) is 13.8 Å². The third-order valence-corrected chi connectivity index (χ3v) is 2.26. The summed E-state index contributed by atoms with van der Waals surface area (Å²) >= 11 is 0. The van der Waals surface area contributed by atoms with Crippen molar-refractivity contribution in [2.75, 3.05) is 20.1 Å². The van der Waals surface area contributed by atoms with E-state index in [2.05, 4.69) is 39.6 Å². The highest BCUT2D eigenvalue weighted by Crippen LogP contribution is 2.20. The third-order valence-electron chi connectivity index (χ3n) is 2.26. The molecule has 0 saturated heterocycles. The average Bonchev–Trinajstić information content (AvgIpc) is 2.08. The molecule has 1 nitrogen and oxygen atoms in total. The van der Waals surface area contributed by atoms with Crippen LogP contribution in [0.4, 0.5) is 0 Å². The Morgan fingerprint density at radius 1 is 1.08 bits per heavy atom. The molecule has 0 radical (unpaired) electrons.